The largest absolute Gasteiger partial charge is 0.457 e. The highest BCUT2D eigenvalue weighted by Crippen LogP contribution is 2.55. The smallest absolute Gasteiger partial charge is 0.334 e. The number of nitro benzene ring substituents is 1. The Balaban J connectivity index is 2.01. The Labute approximate surface area is 203 Å². The fourth-order valence-electron chi connectivity index (χ4n) is 4.55. The number of carbonyl (C=O) groups excluding carboxylic acids is 2. The Morgan fingerprint density at radius 2 is 1.60 bits per heavy atom. The first-order valence-corrected chi connectivity index (χ1v) is 11.1. The third-order valence-corrected chi connectivity index (χ3v) is 5.95. The molecule has 7 nitrogen and oxygen atoms in total. The molecule has 0 aromatic heterocycles. The van der Waals surface area contributed by atoms with Crippen LogP contribution >= 0.6 is 0 Å². The molecule has 0 unspecified atom stereocenters. The van der Waals surface area contributed by atoms with E-state index in [2.05, 4.69) is 6.58 Å². The van der Waals surface area contributed by atoms with Crippen LogP contribution in [-0.4, -0.2) is 22.5 Å². The molecule has 0 N–H and O–H groups in total. The summed E-state index contributed by atoms with van der Waals surface area (Å²) in [4.78, 5) is 37.9. The number of nitro groups is 1. The lowest BCUT2D eigenvalue weighted by Gasteiger charge is -2.37. The monoisotopic (exact) mass is 471 g/mol. The summed E-state index contributed by atoms with van der Waals surface area (Å²) < 4.78 is 11.4. The minimum absolute atomic E-state index is 0.0336. The number of nitrogens with zero attached hydrogens (tertiary/aromatic N) is 1. The van der Waals surface area contributed by atoms with Gasteiger partial charge in [-0.2, -0.15) is 0 Å². The summed E-state index contributed by atoms with van der Waals surface area (Å²) in [6.45, 7) is 9.30. The van der Waals surface area contributed by atoms with E-state index in [0.717, 1.165) is 0 Å². The van der Waals surface area contributed by atoms with Gasteiger partial charge in [-0.25, -0.2) is 4.79 Å². The SMILES string of the molecule is C=C(C(=O)OC(C)(C)C)[C@@H](c1ccc([N+](=O)[O-])cc1)[C@@]1(c2ccccc2)C(=O)Oc2ccccc21. The molecule has 7 heteroatoms. The maximum absolute atomic E-state index is 13.8. The molecule has 4 rings (SSSR count). The van der Waals surface area contributed by atoms with Crippen LogP contribution in [0.15, 0.2) is 91.0 Å². The van der Waals surface area contributed by atoms with Crippen molar-refractivity contribution >= 4 is 17.6 Å². The van der Waals surface area contributed by atoms with E-state index >= 15 is 0 Å². The molecule has 35 heavy (non-hydrogen) atoms. The van der Waals surface area contributed by atoms with E-state index < -0.39 is 33.8 Å². The van der Waals surface area contributed by atoms with Crippen LogP contribution in [0.3, 0.4) is 0 Å². The molecule has 0 amide bonds. The summed E-state index contributed by atoms with van der Waals surface area (Å²) in [6.07, 6.45) is 0. The van der Waals surface area contributed by atoms with E-state index in [1.165, 1.54) is 24.3 Å². The number of esters is 2. The highest BCUT2D eigenvalue weighted by molar-refractivity contribution is 6.00. The number of benzene rings is 3. The van der Waals surface area contributed by atoms with E-state index in [0.29, 0.717) is 22.4 Å². The third-order valence-electron chi connectivity index (χ3n) is 5.95. The predicted octanol–water partition coefficient (Wildman–Crippen LogP) is 5.48. The number of ether oxygens (including phenoxy) is 2. The first-order valence-electron chi connectivity index (χ1n) is 11.1. The molecule has 3 aromatic carbocycles. The van der Waals surface area contributed by atoms with Gasteiger partial charge < -0.3 is 9.47 Å². The molecule has 1 aliphatic rings. The maximum atomic E-state index is 13.8. The van der Waals surface area contributed by atoms with Gasteiger partial charge in [0.1, 0.15) is 16.8 Å². The van der Waals surface area contributed by atoms with Crippen molar-refractivity contribution in [2.75, 3.05) is 0 Å². The van der Waals surface area contributed by atoms with Crippen LogP contribution in [-0.2, 0) is 19.7 Å². The summed E-state index contributed by atoms with van der Waals surface area (Å²) >= 11 is 0. The van der Waals surface area contributed by atoms with Crippen LogP contribution in [0.2, 0.25) is 0 Å². The summed E-state index contributed by atoms with van der Waals surface area (Å²) in [6, 6.07) is 21.8. The van der Waals surface area contributed by atoms with Crippen molar-refractivity contribution in [2.45, 2.75) is 37.7 Å². The lowest BCUT2D eigenvalue weighted by Crippen LogP contribution is -2.43. The molecule has 0 saturated carbocycles. The second kappa shape index (κ2) is 8.83. The third kappa shape index (κ3) is 4.21. The Bertz CT molecular complexity index is 1310. The van der Waals surface area contributed by atoms with Crippen LogP contribution in [0.5, 0.6) is 5.75 Å². The van der Waals surface area contributed by atoms with Crippen LogP contribution in [0, 0.1) is 10.1 Å². The van der Waals surface area contributed by atoms with Crippen molar-refractivity contribution in [3.05, 3.63) is 118 Å². The predicted molar refractivity (Wildman–Crippen MR) is 130 cm³/mol. The lowest BCUT2D eigenvalue weighted by atomic mass is 9.62. The number of rotatable bonds is 6. The highest BCUT2D eigenvalue weighted by Gasteiger charge is 2.58. The second-order valence-corrected chi connectivity index (χ2v) is 9.37. The molecule has 0 radical (unpaired) electrons. The molecule has 2 atom stereocenters. The normalized spacial score (nSPS) is 17.7. The summed E-state index contributed by atoms with van der Waals surface area (Å²) in [5.41, 5.74) is -0.684. The van der Waals surface area contributed by atoms with Crippen molar-refractivity contribution < 1.29 is 24.0 Å². The van der Waals surface area contributed by atoms with Crippen molar-refractivity contribution in [3.8, 4) is 5.75 Å². The Kier molecular flexibility index (Phi) is 6.03. The van der Waals surface area contributed by atoms with Gasteiger partial charge in [0, 0.05) is 29.2 Å². The molecule has 0 spiro atoms. The highest BCUT2D eigenvalue weighted by atomic mass is 16.6. The van der Waals surface area contributed by atoms with Gasteiger partial charge in [-0.3, -0.25) is 14.9 Å². The molecule has 1 heterocycles. The van der Waals surface area contributed by atoms with E-state index in [4.69, 9.17) is 9.47 Å². The van der Waals surface area contributed by atoms with Gasteiger partial charge in [0.25, 0.3) is 5.69 Å². The zero-order valence-electron chi connectivity index (χ0n) is 19.7. The fraction of sp³-hybridized carbons (Fsp3) is 0.214. The zero-order chi connectivity index (χ0) is 25.4. The van der Waals surface area contributed by atoms with Crippen molar-refractivity contribution in [1.82, 2.24) is 0 Å². The number of hydrogen-bond donors (Lipinski definition) is 0. The van der Waals surface area contributed by atoms with Gasteiger partial charge in [-0.15, -0.1) is 0 Å². The van der Waals surface area contributed by atoms with Crippen LogP contribution in [0.25, 0.3) is 0 Å². The van der Waals surface area contributed by atoms with Crippen molar-refractivity contribution in [3.63, 3.8) is 0 Å². The quantitative estimate of drug-likeness (QED) is 0.155. The van der Waals surface area contributed by atoms with E-state index in [9.17, 15) is 19.7 Å². The number of non-ortho nitro benzene ring substituents is 1. The molecular formula is C28H25NO6. The molecule has 178 valence electrons. The maximum Gasteiger partial charge on any atom is 0.334 e. The fourth-order valence-corrected chi connectivity index (χ4v) is 4.55. The van der Waals surface area contributed by atoms with Gasteiger partial charge in [0.15, 0.2) is 0 Å². The zero-order valence-corrected chi connectivity index (χ0v) is 19.7. The number of carbonyl (C=O) groups is 2. The Hall–Kier alpha value is -4.26. The number of hydrogen-bond acceptors (Lipinski definition) is 6. The molecule has 0 aliphatic carbocycles. The molecular weight excluding hydrogens is 446 g/mol. The standard InChI is InChI=1S/C28H25NO6/c1-18(25(30)35-27(2,3)4)24(19-14-16-21(17-15-19)29(32)33)28(20-10-6-5-7-11-20)22-12-8-9-13-23(22)34-26(28)31/h5-17,24H,1H2,2-4H3/t24-,28-/m0/s1. The molecule has 0 bridgehead atoms. The van der Waals surface area contributed by atoms with E-state index in [-0.39, 0.29) is 11.3 Å². The average Bonchev–Trinajstić information content (AvgIpc) is 3.11. The van der Waals surface area contributed by atoms with Gasteiger partial charge in [-0.1, -0.05) is 67.2 Å². The topological polar surface area (TPSA) is 95.7 Å². The van der Waals surface area contributed by atoms with Crippen LogP contribution in [0.1, 0.15) is 43.4 Å². The van der Waals surface area contributed by atoms with E-state index in [1.807, 2.05) is 6.07 Å². The first kappa shape index (κ1) is 23.9. The summed E-state index contributed by atoms with van der Waals surface area (Å²) in [5.74, 6) is -1.83. The lowest BCUT2D eigenvalue weighted by molar-refractivity contribution is -0.384. The van der Waals surface area contributed by atoms with Crippen molar-refractivity contribution in [1.29, 1.82) is 0 Å². The second-order valence-electron chi connectivity index (χ2n) is 9.37. The van der Waals surface area contributed by atoms with Crippen molar-refractivity contribution in [2.24, 2.45) is 0 Å². The van der Waals surface area contributed by atoms with Gasteiger partial charge in [0.05, 0.1) is 4.92 Å². The minimum atomic E-state index is -1.47. The summed E-state index contributed by atoms with van der Waals surface area (Å²) in [7, 11) is 0. The Morgan fingerprint density at radius 3 is 2.20 bits per heavy atom. The van der Waals surface area contributed by atoms with E-state index in [1.54, 1.807) is 69.3 Å². The summed E-state index contributed by atoms with van der Waals surface area (Å²) in [5, 5.41) is 11.3. The average molecular weight is 472 g/mol. The number of para-hydroxylation sites is 1. The molecule has 3 aromatic rings. The Morgan fingerprint density at radius 1 is 1.00 bits per heavy atom. The molecule has 1 aliphatic heterocycles. The van der Waals surface area contributed by atoms with Crippen LogP contribution < -0.4 is 4.74 Å². The van der Waals surface area contributed by atoms with Gasteiger partial charge in [0.2, 0.25) is 0 Å². The van der Waals surface area contributed by atoms with Gasteiger partial charge >= 0.3 is 11.9 Å². The first-order chi connectivity index (χ1) is 16.6. The molecule has 0 saturated heterocycles. The van der Waals surface area contributed by atoms with Crippen LogP contribution in [0.4, 0.5) is 5.69 Å². The number of fused-ring (bicyclic) bond motifs is 1. The minimum Gasteiger partial charge on any atom is -0.457 e. The molecule has 0 fully saturated rings. The van der Waals surface area contributed by atoms with Gasteiger partial charge in [-0.05, 0) is 38.0 Å².